The van der Waals surface area contributed by atoms with Crippen LogP contribution in [0.3, 0.4) is 0 Å². The van der Waals surface area contributed by atoms with Crippen LogP contribution in [0.15, 0.2) is 42.5 Å². The maximum atomic E-state index is 13.8. The van der Waals surface area contributed by atoms with E-state index in [2.05, 4.69) is 9.88 Å². The number of amides is 1. The summed E-state index contributed by atoms with van der Waals surface area (Å²) in [7, 11) is 0. The lowest BCUT2D eigenvalue weighted by atomic mass is 10.3. The molecule has 1 aromatic heterocycles. The first-order valence-electron chi connectivity index (χ1n) is 9.64. The lowest BCUT2D eigenvalue weighted by molar-refractivity contribution is -0.120. The van der Waals surface area contributed by atoms with Gasteiger partial charge in [0.25, 0.3) is 5.91 Å². The molecule has 0 atom stereocenters. The first kappa shape index (κ1) is 21.0. The van der Waals surface area contributed by atoms with E-state index in [0.29, 0.717) is 36.5 Å². The summed E-state index contributed by atoms with van der Waals surface area (Å²) in [6.07, 6.45) is 0. The minimum absolute atomic E-state index is 0.0510. The molecule has 1 aliphatic heterocycles. The van der Waals surface area contributed by atoms with Crippen molar-refractivity contribution in [1.82, 2.24) is 9.88 Å². The second kappa shape index (κ2) is 9.70. The largest absolute Gasteiger partial charge is 0.481 e. The summed E-state index contributed by atoms with van der Waals surface area (Å²) in [5, 5.41) is 1.19. The number of anilines is 1. The third-order valence-electron chi connectivity index (χ3n) is 4.80. The first-order valence-corrected chi connectivity index (χ1v) is 10.8. The van der Waals surface area contributed by atoms with Crippen molar-refractivity contribution in [3.8, 4) is 5.75 Å². The van der Waals surface area contributed by atoms with Gasteiger partial charge in [0.05, 0.1) is 23.4 Å². The Bertz CT molecular complexity index is 1030. The van der Waals surface area contributed by atoms with Gasteiger partial charge in [-0.25, -0.2) is 9.37 Å². The van der Waals surface area contributed by atoms with E-state index in [-0.39, 0.29) is 18.3 Å². The number of hydrogen-bond donors (Lipinski definition) is 0. The zero-order valence-corrected chi connectivity index (χ0v) is 17.8. The normalized spacial score (nSPS) is 14.7. The molecule has 1 aliphatic rings. The Balaban J connectivity index is 1.52. The van der Waals surface area contributed by atoms with Crippen LogP contribution in [0.4, 0.5) is 9.52 Å². The van der Waals surface area contributed by atoms with Crippen LogP contribution in [0.1, 0.15) is 0 Å². The van der Waals surface area contributed by atoms with Gasteiger partial charge in [0, 0.05) is 31.2 Å². The molecule has 1 amide bonds. The second-order valence-corrected chi connectivity index (χ2v) is 8.27. The molecule has 158 valence electrons. The molecular formula is C21H21ClFN3O3S. The molecule has 0 aliphatic carbocycles. The van der Waals surface area contributed by atoms with Crippen LogP contribution in [-0.4, -0.2) is 61.8 Å². The van der Waals surface area contributed by atoms with E-state index in [0.717, 1.165) is 23.3 Å². The summed E-state index contributed by atoms with van der Waals surface area (Å²) in [6, 6.07) is 11.5. The Morgan fingerprint density at radius 3 is 2.87 bits per heavy atom. The summed E-state index contributed by atoms with van der Waals surface area (Å²) in [6.45, 7) is 3.87. The third kappa shape index (κ3) is 5.07. The monoisotopic (exact) mass is 449 g/mol. The zero-order chi connectivity index (χ0) is 20.9. The molecule has 9 heteroatoms. The maximum Gasteiger partial charge on any atom is 0.266 e. The van der Waals surface area contributed by atoms with Crippen molar-refractivity contribution in [2.24, 2.45) is 0 Å². The minimum Gasteiger partial charge on any atom is -0.481 e. The molecule has 2 heterocycles. The molecule has 1 fully saturated rings. The summed E-state index contributed by atoms with van der Waals surface area (Å²) >= 11 is 7.49. The number of carbonyl (C=O) groups excluding carboxylic acids is 1. The van der Waals surface area contributed by atoms with Gasteiger partial charge in [0.2, 0.25) is 0 Å². The SMILES string of the molecule is O=C(COc1ccccc1F)N(CCN1CCOCC1)c1nc2ccc(Cl)cc2s1. The molecule has 2 aromatic carbocycles. The van der Waals surface area contributed by atoms with Crippen LogP contribution in [0.5, 0.6) is 5.75 Å². The molecule has 6 nitrogen and oxygen atoms in total. The number of morpholine rings is 1. The molecule has 0 unspecified atom stereocenters. The Labute approximate surface area is 182 Å². The molecule has 0 spiro atoms. The average Bonchev–Trinajstić information content (AvgIpc) is 3.16. The molecule has 30 heavy (non-hydrogen) atoms. The number of ether oxygens (including phenoxy) is 2. The van der Waals surface area contributed by atoms with E-state index in [9.17, 15) is 9.18 Å². The van der Waals surface area contributed by atoms with Crippen molar-refractivity contribution in [2.45, 2.75) is 0 Å². The molecule has 3 aromatic rings. The van der Waals surface area contributed by atoms with E-state index in [1.165, 1.54) is 23.5 Å². The highest BCUT2D eigenvalue weighted by Gasteiger charge is 2.22. The Morgan fingerprint density at radius 2 is 2.07 bits per heavy atom. The second-order valence-electron chi connectivity index (χ2n) is 6.83. The highest BCUT2D eigenvalue weighted by Crippen LogP contribution is 2.31. The van der Waals surface area contributed by atoms with Gasteiger partial charge in [-0.2, -0.15) is 0 Å². The fourth-order valence-electron chi connectivity index (χ4n) is 3.17. The van der Waals surface area contributed by atoms with Crippen molar-refractivity contribution in [3.05, 3.63) is 53.3 Å². The van der Waals surface area contributed by atoms with Gasteiger partial charge in [-0.05, 0) is 30.3 Å². The lowest BCUT2D eigenvalue weighted by Crippen LogP contribution is -2.44. The fraction of sp³-hybridized carbons (Fsp3) is 0.333. The highest BCUT2D eigenvalue weighted by atomic mass is 35.5. The van der Waals surface area contributed by atoms with Crippen molar-refractivity contribution in [1.29, 1.82) is 0 Å². The number of thiazole rings is 1. The topological polar surface area (TPSA) is 54.9 Å². The third-order valence-corrected chi connectivity index (χ3v) is 6.08. The van der Waals surface area contributed by atoms with Gasteiger partial charge in [0.15, 0.2) is 23.3 Å². The molecule has 0 N–H and O–H groups in total. The summed E-state index contributed by atoms with van der Waals surface area (Å²) < 4.78 is 25.6. The molecule has 0 saturated carbocycles. The van der Waals surface area contributed by atoms with Gasteiger partial charge in [0.1, 0.15) is 0 Å². The summed E-state index contributed by atoms with van der Waals surface area (Å²) in [5.41, 5.74) is 0.776. The van der Waals surface area contributed by atoms with Gasteiger partial charge in [-0.3, -0.25) is 14.6 Å². The number of halogens is 2. The van der Waals surface area contributed by atoms with E-state index in [1.54, 1.807) is 23.1 Å². The predicted octanol–water partition coefficient (Wildman–Crippen LogP) is 3.83. The van der Waals surface area contributed by atoms with Crippen LogP contribution < -0.4 is 9.64 Å². The van der Waals surface area contributed by atoms with E-state index >= 15 is 0 Å². The number of benzene rings is 2. The highest BCUT2D eigenvalue weighted by molar-refractivity contribution is 7.22. The Hall–Kier alpha value is -2.26. The van der Waals surface area contributed by atoms with Crippen LogP contribution in [0, 0.1) is 5.82 Å². The van der Waals surface area contributed by atoms with Crippen molar-refractivity contribution in [2.75, 3.05) is 50.9 Å². The smallest absolute Gasteiger partial charge is 0.266 e. The summed E-state index contributed by atoms with van der Waals surface area (Å²) in [4.78, 5) is 21.5. The molecule has 0 bridgehead atoms. The van der Waals surface area contributed by atoms with Crippen LogP contribution >= 0.6 is 22.9 Å². The average molecular weight is 450 g/mol. The van der Waals surface area contributed by atoms with E-state index < -0.39 is 5.82 Å². The van der Waals surface area contributed by atoms with Crippen LogP contribution in [0.25, 0.3) is 10.2 Å². The number of carbonyl (C=O) groups is 1. The van der Waals surface area contributed by atoms with Crippen LogP contribution in [-0.2, 0) is 9.53 Å². The first-order chi connectivity index (χ1) is 14.6. The number of para-hydroxylation sites is 1. The van der Waals surface area contributed by atoms with E-state index in [4.69, 9.17) is 21.1 Å². The number of aromatic nitrogens is 1. The molecule has 1 saturated heterocycles. The molecular weight excluding hydrogens is 429 g/mol. The Morgan fingerprint density at radius 1 is 1.27 bits per heavy atom. The van der Waals surface area contributed by atoms with Gasteiger partial charge in [-0.1, -0.05) is 35.1 Å². The van der Waals surface area contributed by atoms with Gasteiger partial charge in [-0.15, -0.1) is 0 Å². The number of nitrogens with zero attached hydrogens (tertiary/aromatic N) is 3. The van der Waals surface area contributed by atoms with Crippen molar-refractivity contribution < 1.29 is 18.7 Å². The quantitative estimate of drug-likeness (QED) is 0.548. The number of hydrogen-bond acceptors (Lipinski definition) is 6. The lowest BCUT2D eigenvalue weighted by Gasteiger charge is -2.29. The van der Waals surface area contributed by atoms with Gasteiger partial charge < -0.3 is 9.47 Å². The number of fused-ring (bicyclic) bond motifs is 1. The summed E-state index contributed by atoms with van der Waals surface area (Å²) in [5.74, 6) is -0.730. The van der Waals surface area contributed by atoms with Crippen LogP contribution in [0.2, 0.25) is 5.02 Å². The van der Waals surface area contributed by atoms with Gasteiger partial charge >= 0.3 is 0 Å². The predicted molar refractivity (Wildman–Crippen MR) is 116 cm³/mol. The Kier molecular flexibility index (Phi) is 6.79. The van der Waals surface area contributed by atoms with Crippen molar-refractivity contribution in [3.63, 3.8) is 0 Å². The zero-order valence-electron chi connectivity index (χ0n) is 16.2. The van der Waals surface area contributed by atoms with E-state index in [1.807, 2.05) is 12.1 Å². The molecule has 4 rings (SSSR count). The maximum absolute atomic E-state index is 13.8. The fourth-order valence-corrected chi connectivity index (χ4v) is 4.46. The molecule has 0 radical (unpaired) electrons. The van der Waals surface area contributed by atoms with Crippen molar-refractivity contribution >= 4 is 44.2 Å². The number of rotatable bonds is 7. The minimum atomic E-state index is -0.500. The standard InChI is InChI=1S/C21H21ClFN3O3S/c22-15-5-6-17-19(13-15)30-21(24-17)26(8-7-25-9-11-28-12-10-25)20(27)14-29-18-4-2-1-3-16(18)23/h1-6,13H,7-12,14H2.